The highest BCUT2D eigenvalue weighted by Crippen LogP contribution is 2.29. The lowest BCUT2D eigenvalue weighted by molar-refractivity contribution is -0.145. The van der Waals surface area contributed by atoms with E-state index < -0.39 is 56.8 Å². The number of nitrogens with one attached hydrogen (secondary N) is 3. The first-order valence-electron chi connectivity index (χ1n) is 12.8. The summed E-state index contributed by atoms with van der Waals surface area (Å²) >= 11 is 0. The highest BCUT2D eigenvalue weighted by molar-refractivity contribution is 7.85. The Morgan fingerprint density at radius 1 is 1.02 bits per heavy atom. The molecule has 2 aromatic heterocycles. The van der Waals surface area contributed by atoms with Crippen LogP contribution in [-0.4, -0.2) is 71.0 Å². The third-order valence-corrected chi connectivity index (χ3v) is 7.35. The Balaban J connectivity index is 1.48. The number of nitrogen functional groups attached to an aromatic ring is 1. The molecule has 6 N–H and O–H groups in total. The van der Waals surface area contributed by atoms with Gasteiger partial charge in [0.2, 0.25) is 5.95 Å². The van der Waals surface area contributed by atoms with E-state index in [9.17, 15) is 32.1 Å². The van der Waals surface area contributed by atoms with E-state index in [1.165, 1.54) is 36.5 Å². The second-order valence-electron chi connectivity index (χ2n) is 9.29. The van der Waals surface area contributed by atoms with Crippen LogP contribution in [0.4, 0.5) is 11.6 Å². The fraction of sp³-hybridized carbons (Fsp3) is 0.222. The summed E-state index contributed by atoms with van der Waals surface area (Å²) in [6.07, 6.45) is 1.00. The average Bonchev–Trinajstić information content (AvgIpc) is 3.01. The Labute approximate surface area is 249 Å². The number of amides is 1. The molecule has 0 radical (unpaired) electrons. The molecule has 17 heteroatoms. The molecule has 16 nitrogen and oxygen atoms in total. The molecule has 0 aliphatic carbocycles. The van der Waals surface area contributed by atoms with Gasteiger partial charge < -0.3 is 25.8 Å². The van der Waals surface area contributed by atoms with E-state index in [0.29, 0.717) is 11.4 Å². The third kappa shape index (κ3) is 7.31. The van der Waals surface area contributed by atoms with Crippen molar-refractivity contribution < 1.29 is 36.8 Å². The highest BCUT2D eigenvalue weighted by Gasteiger charge is 2.34. The van der Waals surface area contributed by atoms with Gasteiger partial charge in [0.15, 0.2) is 11.2 Å². The van der Waals surface area contributed by atoms with E-state index in [2.05, 4.69) is 30.6 Å². The van der Waals surface area contributed by atoms with Crippen LogP contribution in [0.5, 0.6) is 0 Å². The maximum Gasteiger partial charge on any atom is 0.328 e. The SMILES string of the molecule is COC(=O)C(C[C@H](NC(=O)c1ccc(NCc2cnc3nc(N)[nH]c(=O)c3n2)cc1)C(=O)OC)c1ccccc1S(=O)(=O)O. The van der Waals surface area contributed by atoms with Crippen LogP contribution in [0.15, 0.2) is 64.4 Å². The second-order valence-corrected chi connectivity index (χ2v) is 10.7. The molecule has 0 aliphatic rings. The number of methoxy groups -OCH3 is 2. The number of rotatable bonds is 11. The van der Waals surface area contributed by atoms with Gasteiger partial charge in [-0.05, 0) is 42.3 Å². The number of fused-ring (bicyclic) bond motifs is 1. The number of H-pyrrole nitrogens is 1. The van der Waals surface area contributed by atoms with Gasteiger partial charge in [0.05, 0.1) is 43.5 Å². The Kier molecular flexibility index (Phi) is 9.50. The summed E-state index contributed by atoms with van der Waals surface area (Å²) in [5, 5.41) is 5.59. The number of hydrogen-bond acceptors (Lipinski definition) is 13. The van der Waals surface area contributed by atoms with Crippen molar-refractivity contribution in [3.05, 3.63) is 81.9 Å². The first kappa shape index (κ1) is 31.5. The minimum absolute atomic E-state index is 0.0293. The largest absolute Gasteiger partial charge is 0.469 e. The van der Waals surface area contributed by atoms with Gasteiger partial charge in [-0.15, -0.1) is 0 Å². The Morgan fingerprint density at radius 3 is 2.36 bits per heavy atom. The minimum atomic E-state index is -4.74. The zero-order valence-electron chi connectivity index (χ0n) is 23.3. The number of hydrogen-bond donors (Lipinski definition) is 5. The molecule has 1 unspecified atom stereocenters. The molecule has 0 spiro atoms. The molecule has 230 valence electrons. The Morgan fingerprint density at radius 2 is 1.70 bits per heavy atom. The summed E-state index contributed by atoms with van der Waals surface area (Å²) in [5.74, 6) is -3.93. The van der Waals surface area contributed by atoms with Crippen LogP contribution in [-0.2, 0) is 35.7 Å². The van der Waals surface area contributed by atoms with E-state index in [1.807, 2.05) is 0 Å². The molecule has 2 aromatic carbocycles. The summed E-state index contributed by atoms with van der Waals surface area (Å²) in [7, 11) is -2.57. The number of esters is 2. The number of carbonyl (C=O) groups excluding carboxylic acids is 3. The van der Waals surface area contributed by atoms with Crippen LogP contribution in [0, 0.1) is 0 Å². The average molecular weight is 626 g/mol. The lowest BCUT2D eigenvalue weighted by atomic mass is 9.91. The minimum Gasteiger partial charge on any atom is -0.469 e. The molecular weight excluding hydrogens is 598 g/mol. The first-order valence-corrected chi connectivity index (χ1v) is 14.2. The van der Waals surface area contributed by atoms with Gasteiger partial charge in [-0.1, -0.05) is 18.2 Å². The third-order valence-electron chi connectivity index (χ3n) is 6.43. The van der Waals surface area contributed by atoms with Crippen LogP contribution < -0.4 is 21.9 Å². The summed E-state index contributed by atoms with van der Waals surface area (Å²) in [5.41, 5.74) is 6.18. The molecule has 4 aromatic rings. The second kappa shape index (κ2) is 13.3. The molecule has 0 saturated heterocycles. The Bertz CT molecular complexity index is 1880. The molecule has 2 heterocycles. The quantitative estimate of drug-likeness (QED) is 0.114. The maximum atomic E-state index is 13.1. The van der Waals surface area contributed by atoms with Gasteiger partial charge in [-0.3, -0.25) is 23.9 Å². The van der Waals surface area contributed by atoms with Crippen molar-refractivity contribution in [3.8, 4) is 0 Å². The van der Waals surface area contributed by atoms with Crippen molar-refractivity contribution in [1.82, 2.24) is 25.3 Å². The standard InChI is InChI=1S/C27H27N7O9S/c1-42-25(37)18(17-5-3-4-6-20(17)44(39,40)41)11-19(26(38)43-2)32-23(35)14-7-9-15(10-8-14)29-12-16-13-30-22-21(31-16)24(36)34-27(28)33-22/h3-10,13,18-19,29H,11-12H2,1-2H3,(H,32,35)(H,39,40,41)(H3,28,30,33,34,36)/t18?,19-/m0/s1. The van der Waals surface area contributed by atoms with Gasteiger partial charge in [0.25, 0.3) is 21.6 Å². The summed E-state index contributed by atoms with van der Waals surface area (Å²) < 4.78 is 43.2. The topological polar surface area (TPSA) is 246 Å². The van der Waals surface area contributed by atoms with Crippen molar-refractivity contribution in [1.29, 1.82) is 0 Å². The predicted molar refractivity (Wildman–Crippen MR) is 155 cm³/mol. The summed E-state index contributed by atoms with van der Waals surface area (Å²) in [6.45, 7) is 0.183. The van der Waals surface area contributed by atoms with Gasteiger partial charge in [0, 0.05) is 11.3 Å². The summed E-state index contributed by atoms with van der Waals surface area (Å²) in [4.78, 5) is 64.5. The fourth-order valence-electron chi connectivity index (χ4n) is 4.32. The highest BCUT2D eigenvalue weighted by atomic mass is 32.2. The lowest BCUT2D eigenvalue weighted by Gasteiger charge is -2.23. The number of benzene rings is 2. The number of nitrogens with zero attached hydrogens (tertiary/aromatic N) is 3. The Hall–Kier alpha value is -5.42. The molecular formula is C27H27N7O9S. The molecule has 0 aliphatic heterocycles. The van der Waals surface area contributed by atoms with E-state index in [4.69, 9.17) is 15.2 Å². The number of aromatic nitrogens is 4. The van der Waals surface area contributed by atoms with Crippen molar-refractivity contribution >= 4 is 50.8 Å². The van der Waals surface area contributed by atoms with Crippen LogP contribution in [0.25, 0.3) is 11.2 Å². The van der Waals surface area contributed by atoms with Gasteiger partial charge in [-0.25, -0.2) is 14.8 Å². The van der Waals surface area contributed by atoms with Crippen molar-refractivity contribution in [2.75, 3.05) is 25.3 Å². The van der Waals surface area contributed by atoms with Crippen LogP contribution in [0.1, 0.15) is 34.0 Å². The van der Waals surface area contributed by atoms with Crippen molar-refractivity contribution in [2.45, 2.75) is 29.8 Å². The van der Waals surface area contributed by atoms with Gasteiger partial charge >= 0.3 is 11.9 Å². The number of carbonyl (C=O) groups is 3. The van der Waals surface area contributed by atoms with Crippen molar-refractivity contribution in [2.24, 2.45) is 0 Å². The normalized spacial score (nSPS) is 12.6. The van der Waals surface area contributed by atoms with Crippen LogP contribution in [0.3, 0.4) is 0 Å². The molecule has 0 saturated carbocycles. The number of anilines is 2. The zero-order valence-corrected chi connectivity index (χ0v) is 24.1. The molecule has 0 fully saturated rings. The van der Waals surface area contributed by atoms with E-state index in [-0.39, 0.29) is 34.8 Å². The smallest absolute Gasteiger partial charge is 0.328 e. The van der Waals surface area contributed by atoms with Crippen LogP contribution in [0.2, 0.25) is 0 Å². The molecule has 0 bridgehead atoms. The number of nitrogens with two attached hydrogens (primary N) is 1. The maximum absolute atomic E-state index is 13.1. The van der Waals surface area contributed by atoms with Gasteiger partial charge in [-0.2, -0.15) is 13.4 Å². The number of ether oxygens (including phenoxy) is 2. The van der Waals surface area contributed by atoms with E-state index in [1.54, 1.807) is 12.1 Å². The molecule has 1 amide bonds. The first-order chi connectivity index (χ1) is 20.9. The lowest BCUT2D eigenvalue weighted by Crippen LogP contribution is -2.43. The monoisotopic (exact) mass is 625 g/mol. The molecule has 4 rings (SSSR count). The van der Waals surface area contributed by atoms with E-state index in [0.717, 1.165) is 20.3 Å². The molecule has 44 heavy (non-hydrogen) atoms. The van der Waals surface area contributed by atoms with E-state index >= 15 is 0 Å². The van der Waals surface area contributed by atoms with Gasteiger partial charge in [0.1, 0.15) is 6.04 Å². The van der Waals surface area contributed by atoms with Crippen LogP contribution >= 0.6 is 0 Å². The predicted octanol–water partition coefficient (Wildman–Crippen LogP) is 0.772. The summed E-state index contributed by atoms with van der Waals surface area (Å²) in [6, 6.07) is 9.91. The zero-order chi connectivity index (χ0) is 32.0. The van der Waals surface area contributed by atoms with Crippen molar-refractivity contribution in [3.63, 3.8) is 0 Å². The number of aromatic amines is 1. The molecule has 2 atom stereocenters. The fourth-order valence-corrected chi connectivity index (χ4v) is 5.08.